The number of halogens is 2. The SMILES string of the molecule is NC(=O)c1c(F)cccc1Nc1nc(NC2CCN([S+]([O-])CCNC(=O)CCCCCCCCC#Cc3cccc4c3CN(C3CCC(=O)NC3=O)C4=O)CC2)ncc1Br. The van der Waals surface area contributed by atoms with Crippen molar-refractivity contribution in [2.45, 2.75) is 95.7 Å². The van der Waals surface area contributed by atoms with Crippen molar-refractivity contribution < 1.29 is 32.9 Å². The van der Waals surface area contributed by atoms with Gasteiger partial charge in [-0.3, -0.25) is 29.3 Å². The number of piperidine rings is 2. The molecule has 60 heavy (non-hydrogen) atoms. The number of hydrogen-bond donors (Lipinski definition) is 5. The molecule has 3 aliphatic rings. The Labute approximate surface area is 360 Å². The number of anilines is 3. The van der Waals surface area contributed by atoms with Gasteiger partial charge in [0.25, 0.3) is 11.8 Å². The summed E-state index contributed by atoms with van der Waals surface area (Å²) in [4.78, 5) is 71.5. The van der Waals surface area contributed by atoms with Crippen LogP contribution in [0, 0.1) is 17.7 Å². The van der Waals surface area contributed by atoms with Gasteiger partial charge in [0.15, 0.2) is 0 Å². The lowest BCUT2D eigenvalue weighted by molar-refractivity contribution is -0.137. The van der Waals surface area contributed by atoms with Gasteiger partial charge in [0.1, 0.15) is 23.4 Å². The third kappa shape index (κ3) is 11.8. The highest BCUT2D eigenvalue weighted by molar-refractivity contribution is 9.10. The molecule has 4 heterocycles. The highest BCUT2D eigenvalue weighted by Crippen LogP contribution is 2.30. The van der Waals surface area contributed by atoms with Gasteiger partial charge in [-0.25, -0.2) is 9.37 Å². The van der Waals surface area contributed by atoms with Crippen LogP contribution in [0.5, 0.6) is 0 Å². The number of primary amides is 1. The molecule has 5 amide bonds. The Morgan fingerprint density at radius 1 is 1.03 bits per heavy atom. The first-order valence-electron chi connectivity index (χ1n) is 20.3. The molecule has 0 aliphatic carbocycles. The Hall–Kier alpha value is -5.09. The number of carbonyl (C=O) groups is 5. The van der Waals surface area contributed by atoms with Crippen LogP contribution in [0.1, 0.15) is 109 Å². The second-order valence-corrected chi connectivity index (χ2v) is 17.3. The number of amides is 5. The summed E-state index contributed by atoms with van der Waals surface area (Å²) >= 11 is 2.16. The quantitative estimate of drug-likeness (QED) is 0.0506. The first kappa shape index (κ1) is 44.5. The minimum atomic E-state index is -1.23. The first-order valence-corrected chi connectivity index (χ1v) is 22.4. The number of nitrogens with zero attached hydrogens (tertiary/aromatic N) is 4. The zero-order chi connectivity index (χ0) is 42.6. The number of aromatic nitrogens is 2. The second kappa shape index (κ2) is 21.4. The lowest BCUT2D eigenvalue weighted by Crippen LogP contribution is -2.52. The monoisotopic (exact) mass is 905 g/mol. The third-order valence-corrected chi connectivity index (χ3v) is 12.8. The van der Waals surface area contributed by atoms with Crippen LogP contribution < -0.4 is 27.0 Å². The Morgan fingerprint density at radius 3 is 2.55 bits per heavy atom. The van der Waals surface area contributed by atoms with Crippen molar-refractivity contribution in [2.75, 3.05) is 36.0 Å². The maximum absolute atomic E-state index is 14.2. The molecule has 0 saturated carbocycles. The predicted molar refractivity (Wildman–Crippen MR) is 228 cm³/mol. The number of benzene rings is 2. The van der Waals surface area contributed by atoms with E-state index in [-0.39, 0.29) is 41.4 Å². The van der Waals surface area contributed by atoms with Gasteiger partial charge in [0, 0.05) is 73.6 Å². The average Bonchev–Trinajstić information content (AvgIpc) is 3.56. The van der Waals surface area contributed by atoms with Gasteiger partial charge in [-0.2, -0.15) is 4.98 Å². The summed E-state index contributed by atoms with van der Waals surface area (Å²) in [5, 5.41) is 11.5. The van der Waals surface area contributed by atoms with Crippen LogP contribution in [0.15, 0.2) is 47.1 Å². The maximum Gasteiger partial charge on any atom is 0.255 e. The van der Waals surface area contributed by atoms with Crippen LogP contribution in [0.4, 0.5) is 21.8 Å². The number of carbonyl (C=O) groups excluding carboxylic acids is 5. The normalized spacial score (nSPS) is 17.4. The van der Waals surface area contributed by atoms with Crippen LogP contribution in [-0.4, -0.2) is 90.7 Å². The fourth-order valence-corrected chi connectivity index (χ4v) is 8.92. The summed E-state index contributed by atoms with van der Waals surface area (Å²) in [6.07, 6.45) is 10.5. The number of nitrogens with two attached hydrogens (primary N) is 1. The predicted octanol–water partition coefficient (Wildman–Crippen LogP) is 4.81. The van der Waals surface area contributed by atoms with Crippen molar-refractivity contribution in [1.82, 2.24) is 29.8 Å². The molecule has 2 atom stereocenters. The van der Waals surface area contributed by atoms with Crippen molar-refractivity contribution in [3.05, 3.63) is 75.1 Å². The number of hydrogen-bond acceptors (Lipinski definition) is 11. The van der Waals surface area contributed by atoms with E-state index in [1.54, 1.807) is 17.2 Å². The minimum Gasteiger partial charge on any atom is -0.598 e. The van der Waals surface area contributed by atoms with Gasteiger partial charge in [0.05, 0.1) is 22.3 Å². The van der Waals surface area contributed by atoms with E-state index in [1.807, 2.05) is 16.4 Å². The molecule has 2 aromatic carbocycles. The number of unbranched alkanes of at least 4 members (excludes halogenated alkanes) is 6. The fraction of sp³-hybridized carbons (Fsp3) is 0.452. The highest BCUT2D eigenvalue weighted by atomic mass is 79.9. The molecule has 0 bridgehead atoms. The van der Waals surface area contributed by atoms with E-state index < -0.39 is 35.0 Å². The van der Waals surface area contributed by atoms with E-state index in [0.29, 0.717) is 79.4 Å². The van der Waals surface area contributed by atoms with E-state index >= 15 is 0 Å². The Kier molecular flexibility index (Phi) is 15.9. The molecule has 18 heteroatoms. The summed E-state index contributed by atoms with van der Waals surface area (Å²) < 4.78 is 29.6. The molecule has 1 aromatic heterocycles. The van der Waals surface area contributed by atoms with E-state index in [0.717, 1.165) is 62.1 Å². The number of fused-ring (bicyclic) bond motifs is 1. The second-order valence-electron chi connectivity index (χ2n) is 14.9. The summed E-state index contributed by atoms with van der Waals surface area (Å²) in [7, 11) is 0. The summed E-state index contributed by atoms with van der Waals surface area (Å²) in [5.74, 6) is 4.85. The van der Waals surface area contributed by atoms with E-state index in [4.69, 9.17) is 5.73 Å². The van der Waals surface area contributed by atoms with Gasteiger partial charge in [-0.1, -0.05) is 49.7 Å². The number of nitrogens with one attached hydrogen (secondary N) is 4. The lowest BCUT2D eigenvalue weighted by atomic mass is 10.0. The molecule has 6 N–H and O–H groups in total. The Bertz CT molecular complexity index is 2140. The summed E-state index contributed by atoms with van der Waals surface area (Å²) in [6, 6.07) is 9.01. The molecule has 0 radical (unpaired) electrons. The molecule has 2 fully saturated rings. The molecule has 3 aromatic rings. The molecule has 0 spiro atoms. The molecule has 318 valence electrons. The van der Waals surface area contributed by atoms with Crippen molar-refractivity contribution in [2.24, 2.45) is 5.73 Å². The van der Waals surface area contributed by atoms with E-state index in [2.05, 4.69) is 59.0 Å². The standard InChI is InChI=1S/C42H49BrFN9O6S/c43-31-25-47-42(51-39(31)49-33-15-10-14-32(44)37(33)38(45)56)48-28-19-22-52(23-20-28)60(59)24-21-46-35(54)16-8-6-4-2-1-3-5-7-11-27-12-9-13-29-30(27)26-53(41(29)58)34-17-18-36(55)50-40(34)57/h9-10,12-15,25,28,34H,1-6,8,16-24,26H2,(H2,45,56)(H,46,54)(H,50,55,57)(H2,47,48,49,51). The average molecular weight is 907 g/mol. The largest absolute Gasteiger partial charge is 0.598 e. The highest BCUT2D eigenvalue weighted by Gasteiger charge is 2.39. The molecular formula is C42H49BrFN9O6S. The van der Waals surface area contributed by atoms with Crippen LogP contribution in [0.25, 0.3) is 0 Å². The summed E-state index contributed by atoms with van der Waals surface area (Å²) in [6.45, 7) is 1.85. The smallest absolute Gasteiger partial charge is 0.255 e. The van der Waals surface area contributed by atoms with Gasteiger partial charge >= 0.3 is 0 Å². The third-order valence-electron chi connectivity index (χ3n) is 10.7. The zero-order valence-corrected chi connectivity index (χ0v) is 35.6. The molecular weight excluding hydrogens is 857 g/mol. The van der Waals surface area contributed by atoms with Crippen LogP contribution in [-0.2, 0) is 32.3 Å². The molecule has 2 unspecified atom stereocenters. The van der Waals surface area contributed by atoms with Crippen molar-refractivity contribution in [1.29, 1.82) is 0 Å². The first-order chi connectivity index (χ1) is 29.0. The molecule has 3 aliphatic heterocycles. The van der Waals surface area contributed by atoms with Crippen LogP contribution in [0.2, 0.25) is 0 Å². The van der Waals surface area contributed by atoms with E-state index in [9.17, 15) is 32.9 Å². The van der Waals surface area contributed by atoms with Gasteiger partial charge < -0.3 is 31.1 Å². The minimum absolute atomic E-state index is 0.0359. The molecule has 6 rings (SSSR count). The van der Waals surface area contributed by atoms with E-state index in [1.165, 1.54) is 12.1 Å². The fourth-order valence-electron chi connectivity index (χ4n) is 7.48. The van der Waals surface area contributed by atoms with Gasteiger partial charge in [0.2, 0.25) is 23.7 Å². The topological polar surface area (TPSA) is 215 Å². The lowest BCUT2D eigenvalue weighted by Gasteiger charge is -2.32. The number of rotatable bonds is 18. The van der Waals surface area contributed by atoms with Crippen molar-refractivity contribution in [3.8, 4) is 11.8 Å². The summed E-state index contributed by atoms with van der Waals surface area (Å²) in [5.41, 5.74) is 7.48. The van der Waals surface area contributed by atoms with Gasteiger partial charge in [-0.15, -0.1) is 4.31 Å². The van der Waals surface area contributed by atoms with Crippen LogP contribution >= 0.6 is 15.9 Å². The molecule has 2 saturated heterocycles. The molecule has 15 nitrogen and oxygen atoms in total. The van der Waals surface area contributed by atoms with Crippen molar-refractivity contribution >= 4 is 74.3 Å². The van der Waals surface area contributed by atoms with Crippen LogP contribution in [0.3, 0.4) is 0 Å². The maximum atomic E-state index is 14.2. The Morgan fingerprint density at radius 2 is 1.78 bits per heavy atom. The number of imide groups is 1. The van der Waals surface area contributed by atoms with Crippen molar-refractivity contribution in [3.63, 3.8) is 0 Å². The Balaban J connectivity index is 0.802. The zero-order valence-electron chi connectivity index (χ0n) is 33.2. The van der Waals surface area contributed by atoms with Gasteiger partial charge in [-0.05, 0) is 77.9 Å².